The highest BCUT2D eigenvalue weighted by Gasteiger charge is 2.05. The van der Waals surface area contributed by atoms with Crippen molar-refractivity contribution in [1.29, 1.82) is 0 Å². The topological polar surface area (TPSA) is 86.6 Å². The maximum absolute atomic E-state index is 11.9. The van der Waals surface area contributed by atoms with Gasteiger partial charge in [0.2, 0.25) is 0 Å². The van der Waals surface area contributed by atoms with E-state index in [1.807, 2.05) is 0 Å². The van der Waals surface area contributed by atoms with Gasteiger partial charge in [-0.2, -0.15) is 0 Å². The molecule has 5 heteroatoms. The Hall–Kier alpha value is -3.08. The largest absolute Gasteiger partial charge is 0.508 e. The predicted octanol–water partition coefficient (Wildman–Crippen LogP) is 2.74. The summed E-state index contributed by atoms with van der Waals surface area (Å²) in [5, 5.41) is 20.4. The number of nitrogens with one attached hydrogen (secondary N) is 1. The highest BCUT2D eigenvalue weighted by molar-refractivity contribution is 6.04. The number of aliphatic carboxylic acids is 1. The molecular formula is C16H13NO4. The number of benzene rings is 2. The summed E-state index contributed by atoms with van der Waals surface area (Å²) in [6.07, 6.45) is 2.51. The van der Waals surface area contributed by atoms with E-state index in [1.165, 1.54) is 30.3 Å². The molecular weight excluding hydrogens is 270 g/mol. The van der Waals surface area contributed by atoms with Crippen molar-refractivity contribution < 1.29 is 19.8 Å². The number of carbonyl (C=O) groups excluding carboxylic acids is 1. The highest BCUT2D eigenvalue weighted by Crippen LogP contribution is 2.14. The third-order valence-electron chi connectivity index (χ3n) is 2.72. The molecule has 0 aliphatic heterocycles. The van der Waals surface area contributed by atoms with Gasteiger partial charge in [-0.25, -0.2) is 4.79 Å². The second kappa shape index (κ2) is 6.38. The van der Waals surface area contributed by atoms with Crippen LogP contribution >= 0.6 is 0 Å². The molecule has 0 aliphatic carbocycles. The van der Waals surface area contributed by atoms with Crippen LogP contribution < -0.4 is 5.32 Å². The van der Waals surface area contributed by atoms with Crippen LogP contribution in [0.5, 0.6) is 5.75 Å². The third-order valence-corrected chi connectivity index (χ3v) is 2.72. The first kappa shape index (κ1) is 14.3. The third kappa shape index (κ3) is 4.21. The second-order valence-corrected chi connectivity index (χ2v) is 4.29. The van der Waals surface area contributed by atoms with E-state index in [0.29, 0.717) is 11.3 Å². The van der Waals surface area contributed by atoms with Gasteiger partial charge < -0.3 is 15.5 Å². The molecule has 0 atom stereocenters. The number of hydrogen-bond acceptors (Lipinski definition) is 3. The first-order valence-corrected chi connectivity index (χ1v) is 6.16. The number of rotatable bonds is 4. The lowest BCUT2D eigenvalue weighted by molar-refractivity contribution is -0.131. The van der Waals surface area contributed by atoms with Crippen molar-refractivity contribution in [2.24, 2.45) is 0 Å². The minimum Gasteiger partial charge on any atom is -0.508 e. The molecule has 0 spiro atoms. The summed E-state index contributed by atoms with van der Waals surface area (Å²) in [5.41, 5.74) is 1.75. The SMILES string of the molecule is O=C(O)/C=C/c1ccc(NC(=O)c2ccc(O)cc2)cc1. The Kier molecular flexibility index (Phi) is 4.36. The monoisotopic (exact) mass is 283 g/mol. The summed E-state index contributed by atoms with van der Waals surface area (Å²) in [4.78, 5) is 22.3. The van der Waals surface area contributed by atoms with Gasteiger partial charge in [-0.3, -0.25) is 4.79 Å². The van der Waals surface area contributed by atoms with Crippen molar-refractivity contribution in [3.63, 3.8) is 0 Å². The van der Waals surface area contributed by atoms with Crippen LogP contribution in [0.3, 0.4) is 0 Å². The molecule has 0 aliphatic rings. The summed E-state index contributed by atoms with van der Waals surface area (Å²) in [6.45, 7) is 0. The number of hydrogen-bond donors (Lipinski definition) is 3. The van der Waals surface area contributed by atoms with Crippen molar-refractivity contribution in [2.45, 2.75) is 0 Å². The van der Waals surface area contributed by atoms with Crippen molar-refractivity contribution in [3.8, 4) is 5.75 Å². The summed E-state index contributed by atoms with van der Waals surface area (Å²) < 4.78 is 0. The molecule has 2 aromatic rings. The van der Waals surface area contributed by atoms with Crippen molar-refractivity contribution in [2.75, 3.05) is 5.32 Å². The van der Waals surface area contributed by atoms with Crippen LogP contribution in [-0.4, -0.2) is 22.1 Å². The van der Waals surface area contributed by atoms with E-state index in [9.17, 15) is 9.59 Å². The number of amides is 1. The molecule has 106 valence electrons. The number of phenols is 1. The van der Waals surface area contributed by atoms with Gasteiger partial charge in [0.25, 0.3) is 5.91 Å². The second-order valence-electron chi connectivity index (χ2n) is 4.29. The normalized spacial score (nSPS) is 10.5. The van der Waals surface area contributed by atoms with Gasteiger partial charge in [0.05, 0.1) is 0 Å². The van der Waals surface area contributed by atoms with Gasteiger partial charge >= 0.3 is 5.97 Å². The fourth-order valence-corrected chi connectivity index (χ4v) is 1.66. The predicted molar refractivity (Wildman–Crippen MR) is 79.2 cm³/mol. The number of anilines is 1. The lowest BCUT2D eigenvalue weighted by Crippen LogP contribution is -2.11. The smallest absolute Gasteiger partial charge is 0.328 e. The Morgan fingerprint density at radius 2 is 1.57 bits per heavy atom. The lowest BCUT2D eigenvalue weighted by Gasteiger charge is -2.05. The minimum atomic E-state index is -1.01. The van der Waals surface area contributed by atoms with Crippen molar-refractivity contribution in [3.05, 3.63) is 65.7 Å². The van der Waals surface area contributed by atoms with Crippen molar-refractivity contribution in [1.82, 2.24) is 0 Å². The molecule has 0 bridgehead atoms. The van der Waals surface area contributed by atoms with E-state index in [2.05, 4.69) is 5.32 Å². The molecule has 0 saturated heterocycles. The molecule has 0 radical (unpaired) electrons. The fraction of sp³-hybridized carbons (Fsp3) is 0. The molecule has 0 saturated carbocycles. The average Bonchev–Trinajstić information content (AvgIpc) is 2.47. The highest BCUT2D eigenvalue weighted by atomic mass is 16.4. The summed E-state index contributed by atoms with van der Waals surface area (Å²) in [6, 6.07) is 12.7. The van der Waals surface area contributed by atoms with Crippen molar-refractivity contribution >= 4 is 23.6 Å². The van der Waals surface area contributed by atoms with E-state index < -0.39 is 5.97 Å². The fourth-order valence-electron chi connectivity index (χ4n) is 1.66. The van der Waals surface area contributed by atoms with Crippen LogP contribution in [-0.2, 0) is 4.79 Å². The Morgan fingerprint density at radius 3 is 2.14 bits per heavy atom. The van der Waals surface area contributed by atoms with Crippen LogP contribution in [0, 0.1) is 0 Å². The van der Waals surface area contributed by atoms with Gasteiger partial charge in [0.15, 0.2) is 0 Å². The van der Waals surface area contributed by atoms with Gasteiger partial charge in [-0.1, -0.05) is 12.1 Å². The zero-order chi connectivity index (χ0) is 15.2. The molecule has 2 aromatic carbocycles. The number of aromatic hydroxyl groups is 1. The maximum Gasteiger partial charge on any atom is 0.328 e. The molecule has 3 N–H and O–H groups in total. The van der Waals surface area contributed by atoms with E-state index >= 15 is 0 Å². The summed E-state index contributed by atoms with van der Waals surface area (Å²) in [7, 11) is 0. The Bertz CT molecular complexity index is 672. The van der Waals surface area contributed by atoms with E-state index in [0.717, 1.165) is 11.6 Å². The van der Waals surface area contributed by atoms with Crippen LogP contribution in [0.1, 0.15) is 15.9 Å². The average molecular weight is 283 g/mol. The standard InChI is InChI=1S/C16H13NO4/c18-14-8-4-12(5-9-14)16(21)17-13-6-1-11(2-7-13)3-10-15(19)20/h1-10,18H,(H,17,21)(H,19,20)/b10-3+. The summed E-state index contributed by atoms with van der Waals surface area (Å²) >= 11 is 0. The number of carboxylic acid groups (broad SMARTS) is 1. The number of carboxylic acids is 1. The molecule has 21 heavy (non-hydrogen) atoms. The lowest BCUT2D eigenvalue weighted by atomic mass is 10.1. The van der Waals surface area contributed by atoms with E-state index in [1.54, 1.807) is 24.3 Å². The Labute approximate surface area is 121 Å². The first-order chi connectivity index (χ1) is 10.0. The quantitative estimate of drug-likeness (QED) is 0.753. The van der Waals surface area contributed by atoms with Gasteiger partial charge in [0, 0.05) is 17.3 Å². The van der Waals surface area contributed by atoms with Crippen LogP contribution in [0.4, 0.5) is 5.69 Å². The minimum absolute atomic E-state index is 0.0983. The van der Waals surface area contributed by atoms with E-state index in [-0.39, 0.29) is 11.7 Å². The van der Waals surface area contributed by atoms with Gasteiger partial charge in [0.1, 0.15) is 5.75 Å². The molecule has 0 aromatic heterocycles. The first-order valence-electron chi connectivity index (χ1n) is 6.16. The zero-order valence-corrected chi connectivity index (χ0v) is 11.0. The molecule has 1 amide bonds. The van der Waals surface area contributed by atoms with Crippen LogP contribution in [0.15, 0.2) is 54.6 Å². The number of carbonyl (C=O) groups is 2. The molecule has 0 unspecified atom stereocenters. The zero-order valence-electron chi connectivity index (χ0n) is 11.0. The molecule has 5 nitrogen and oxygen atoms in total. The van der Waals surface area contributed by atoms with Crippen LogP contribution in [0.2, 0.25) is 0 Å². The Balaban J connectivity index is 2.04. The maximum atomic E-state index is 11.9. The van der Waals surface area contributed by atoms with Gasteiger partial charge in [-0.15, -0.1) is 0 Å². The van der Waals surface area contributed by atoms with Gasteiger partial charge in [-0.05, 0) is 48.0 Å². The molecule has 2 rings (SSSR count). The molecule has 0 fully saturated rings. The molecule has 0 heterocycles. The Morgan fingerprint density at radius 1 is 0.952 bits per heavy atom. The van der Waals surface area contributed by atoms with E-state index in [4.69, 9.17) is 10.2 Å². The van der Waals surface area contributed by atoms with Crippen LogP contribution in [0.25, 0.3) is 6.08 Å². The number of phenolic OH excluding ortho intramolecular Hbond substituents is 1. The summed E-state index contributed by atoms with van der Waals surface area (Å²) in [5.74, 6) is -1.20.